The smallest absolute Gasteiger partial charge is 0.251 e. The molecular formula is C15H19BrClNO. The highest BCUT2D eigenvalue weighted by Gasteiger charge is 2.21. The van der Waals surface area contributed by atoms with E-state index in [1.165, 1.54) is 19.3 Å². The SMILES string of the molecule is CCC1CCC(NC(=O)c2ccc(Br)c(Cl)c2)CC1. The Kier molecular flexibility index (Phi) is 5.28. The Balaban J connectivity index is 1.92. The molecule has 2 nitrogen and oxygen atoms in total. The van der Waals surface area contributed by atoms with Crippen LogP contribution in [-0.2, 0) is 0 Å². The van der Waals surface area contributed by atoms with Crippen molar-refractivity contribution in [3.8, 4) is 0 Å². The van der Waals surface area contributed by atoms with Gasteiger partial charge < -0.3 is 5.32 Å². The fourth-order valence-corrected chi connectivity index (χ4v) is 3.05. The van der Waals surface area contributed by atoms with E-state index in [-0.39, 0.29) is 5.91 Å². The van der Waals surface area contributed by atoms with Gasteiger partial charge in [-0.2, -0.15) is 0 Å². The van der Waals surface area contributed by atoms with Crippen molar-refractivity contribution in [3.05, 3.63) is 33.3 Å². The third kappa shape index (κ3) is 3.96. The molecule has 0 spiro atoms. The maximum Gasteiger partial charge on any atom is 0.251 e. The van der Waals surface area contributed by atoms with Crippen LogP contribution in [-0.4, -0.2) is 11.9 Å². The van der Waals surface area contributed by atoms with Crippen LogP contribution in [0.1, 0.15) is 49.4 Å². The van der Waals surface area contributed by atoms with Gasteiger partial charge in [0.05, 0.1) is 5.02 Å². The van der Waals surface area contributed by atoms with Crippen LogP contribution in [0.5, 0.6) is 0 Å². The van der Waals surface area contributed by atoms with E-state index in [0.717, 1.165) is 23.2 Å². The van der Waals surface area contributed by atoms with Gasteiger partial charge in [-0.25, -0.2) is 0 Å². The summed E-state index contributed by atoms with van der Waals surface area (Å²) in [5, 5.41) is 3.69. The van der Waals surface area contributed by atoms with Gasteiger partial charge in [0.2, 0.25) is 0 Å². The second-order valence-corrected chi connectivity index (χ2v) is 6.49. The number of halogens is 2. The van der Waals surface area contributed by atoms with Crippen molar-refractivity contribution in [1.29, 1.82) is 0 Å². The molecule has 1 aromatic carbocycles. The minimum absolute atomic E-state index is 0.0191. The van der Waals surface area contributed by atoms with E-state index in [9.17, 15) is 4.79 Å². The molecule has 1 N–H and O–H groups in total. The predicted octanol–water partition coefficient (Wildman–Crippen LogP) is 4.80. The number of nitrogens with one attached hydrogen (secondary N) is 1. The summed E-state index contributed by atoms with van der Waals surface area (Å²) in [6.07, 6.45) is 5.89. The summed E-state index contributed by atoms with van der Waals surface area (Å²) in [6.45, 7) is 2.24. The van der Waals surface area contributed by atoms with Crippen LogP contribution in [0.2, 0.25) is 5.02 Å². The molecule has 4 heteroatoms. The first-order valence-electron chi connectivity index (χ1n) is 6.86. The largest absolute Gasteiger partial charge is 0.349 e. The molecule has 1 aromatic rings. The molecule has 1 fully saturated rings. The van der Waals surface area contributed by atoms with Crippen molar-refractivity contribution in [3.63, 3.8) is 0 Å². The van der Waals surface area contributed by atoms with Gasteiger partial charge in [0.25, 0.3) is 5.91 Å². The van der Waals surface area contributed by atoms with Crippen LogP contribution in [0.4, 0.5) is 0 Å². The van der Waals surface area contributed by atoms with E-state index in [1.54, 1.807) is 12.1 Å². The molecule has 0 radical (unpaired) electrons. The predicted molar refractivity (Wildman–Crippen MR) is 82.7 cm³/mol. The van der Waals surface area contributed by atoms with E-state index in [4.69, 9.17) is 11.6 Å². The van der Waals surface area contributed by atoms with Gasteiger partial charge in [-0.1, -0.05) is 24.9 Å². The quantitative estimate of drug-likeness (QED) is 0.838. The van der Waals surface area contributed by atoms with E-state index < -0.39 is 0 Å². The summed E-state index contributed by atoms with van der Waals surface area (Å²) in [7, 11) is 0. The lowest BCUT2D eigenvalue weighted by atomic mass is 9.84. The first kappa shape index (κ1) is 14.9. The Labute approximate surface area is 128 Å². The minimum Gasteiger partial charge on any atom is -0.349 e. The lowest BCUT2D eigenvalue weighted by molar-refractivity contribution is 0.0921. The zero-order valence-corrected chi connectivity index (χ0v) is 13.4. The molecular weight excluding hydrogens is 326 g/mol. The third-order valence-corrected chi connectivity index (χ3v) is 5.17. The molecule has 0 unspecified atom stereocenters. The summed E-state index contributed by atoms with van der Waals surface area (Å²) in [4.78, 5) is 12.1. The normalized spacial score (nSPS) is 23.1. The number of benzene rings is 1. The van der Waals surface area contributed by atoms with Crippen molar-refractivity contribution in [2.75, 3.05) is 0 Å². The van der Waals surface area contributed by atoms with Gasteiger partial charge in [-0.15, -0.1) is 0 Å². The molecule has 1 aliphatic carbocycles. The highest BCUT2D eigenvalue weighted by Crippen LogP contribution is 2.27. The summed E-state index contributed by atoms with van der Waals surface area (Å²) in [5.74, 6) is 0.824. The lowest BCUT2D eigenvalue weighted by Gasteiger charge is -2.28. The van der Waals surface area contributed by atoms with E-state index >= 15 is 0 Å². The topological polar surface area (TPSA) is 29.1 Å². The standard InChI is InChI=1S/C15H19BrClNO/c1-2-10-3-6-12(7-4-10)18-15(19)11-5-8-13(16)14(17)9-11/h5,8-10,12H,2-4,6-7H2,1H3,(H,18,19). The Bertz CT molecular complexity index is 455. The molecule has 0 bridgehead atoms. The zero-order valence-electron chi connectivity index (χ0n) is 11.1. The Hall–Kier alpha value is -0.540. The van der Waals surface area contributed by atoms with Crippen LogP contribution in [0.3, 0.4) is 0 Å². The van der Waals surface area contributed by atoms with Crippen molar-refractivity contribution < 1.29 is 4.79 Å². The third-order valence-electron chi connectivity index (χ3n) is 3.94. The average molecular weight is 345 g/mol. The second kappa shape index (κ2) is 6.76. The van der Waals surface area contributed by atoms with Gasteiger partial charge in [0, 0.05) is 16.1 Å². The molecule has 19 heavy (non-hydrogen) atoms. The zero-order chi connectivity index (χ0) is 13.8. The first-order valence-corrected chi connectivity index (χ1v) is 8.03. The Morgan fingerprint density at radius 3 is 2.63 bits per heavy atom. The minimum atomic E-state index is -0.0191. The molecule has 104 valence electrons. The summed E-state index contributed by atoms with van der Waals surface area (Å²) < 4.78 is 0.814. The number of carbonyl (C=O) groups excluding carboxylic acids is 1. The number of carbonyl (C=O) groups is 1. The van der Waals surface area contributed by atoms with E-state index in [1.807, 2.05) is 6.07 Å². The van der Waals surface area contributed by atoms with Gasteiger partial charge in [-0.3, -0.25) is 4.79 Å². The maximum absolute atomic E-state index is 12.1. The number of hydrogen-bond acceptors (Lipinski definition) is 1. The van der Waals surface area contributed by atoms with E-state index in [0.29, 0.717) is 16.6 Å². The summed E-state index contributed by atoms with van der Waals surface area (Å²) in [6, 6.07) is 5.63. The second-order valence-electron chi connectivity index (χ2n) is 5.23. The molecule has 0 aliphatic heterocycles. The fraction of sp³-hybridized carbons (Fsp3) is 0.533. The van der Waals surface area contributed by atoms with E-state index in [2.05, 4.69) is 28.2 Å². The molecule has 1 saturated carbocycles. The van der Waals surface area contributed by atoms with Crippen molar-refractivity contribution in [1.82, 2.24) is 5.32 Å². The van der Waals surface area contributed by atoms with Crippen LogP contribution in [0, 0.1) is 5.92 Å². The molecule has 1 aliphatic rings. The van der Waals surface area contributed by atoms with Crippen LogP contribution in [0.15, 0.2) is 22.7 Å². The first-order chi connectivity index (χ1) is 9.10. The van der Waals surface area contributed by atoms with Gasteiger partial charge >= 0.3 is 0 Å². The van der Waals surface area contributed by atoms with Crippen LogP contribution < -0.4 is 5.32 Å². The average Bonchev–Trinajstić information content (AvgIpc) is 2.42. The highest BCUT2D eigenvalue weighted by molar-refractivity contribution is 9.10. The molecule has 0 saturated heterocycles. The highest BCUT2D eigenvalue weighted by atomic mass is 79.9. The van der Waals surface area contributed by atoms with Crippen LogP contribution in [0.25, 0.3) is 0 Å². The number of rotatable bonds is 3. The molecule has 0 aromatic heterocycles. The summed E-state index contributed by atoms with van der Waals surface area (Å²) >= 11 is 9.34. The fourth-order valence-electron chi connectivity index (χ4n) is 2.62. The van der Waals surface area contributed by atoms with Crippen molar-refractivity contribution in [2.24, 2.45) is 5.92 Å². The Morgan fingerprint density at radius 1 is 1.37 bits per heavy atom. The molecule has 0 atom stereocenters. The number of hydrogen-bond donors (Lipinski definition) is 1. The van der Waals surface area contributed by atoms with Gasteiger partial charge in [0.15, 0.2) is 0 Å². The monoisotopic (exact) mass is 343 g/mol. The van der Waals surface area contributed by atoms with Crippen molar-refractivity contribution in [2.45, 2.75) is 45.1 Å². The maximum atomic E-state index is 12.1. The molecule has 1 amide bonds. The Morgan fingerprint density at radius 2 is 2.05 bits per heavy atom. The lowest BCUT2D eigenvalue weighted by Crippen LogP contribution is -2.37. The summed E-state index contributed by atoms with van der Waals surface area (Å²) in [5.41, 5.74) is 0.630. The number of amides is 1. The molecule has 2 rings (SSSR count). The van der Waals surface area contributed by atoms with Gasteiger partial charge in [-0.05, 0) is 65.7 Å². The van der Waals surface area contributed by atoms with Crippen molar-refractivity contribution >= 4 is 33.4 Å². The van der Waals surface area contributed by atoms with Crippen LogP contribution >= 0.6 is 27.5 Å². The molecule has 0 heterocycles. The van der Waals surface area contributed by atoms with Gasteiger partial charge in [0.1, 0.15) is 0 Å².